The largest absolute Gasteiger partial charge is 0.486 e. The van der Waals surface area contributed by atoms with Gasteiger partial charge in [-0.15, -0.1) is 0 Å². The molecule has 0 aromatic heterocycles. The summed E-state index contributed by atoms with van der Waals surface area (Å²) in [5.41, 5.74) is 1.25. The summed E-state index contributed by atoms with van der Waals surface area (Å²) in [6, 6.07) is 6.58. The second-order valence-corrected chi connectivity index (χ2v) is 4.98. The van der Waals surface area contributed by atoms with Crippen LogP contribution in [0.4, 0.5) is 0 Å². The van der Waals surface area contributed by atoms with Gasteiger partial charge in [-0.2, -0.15) is 0 Å². The fourth-order valence-electron chi connectivity index (χ4n) is 2.58. The topological polar surface area (TPSA) is 30.5 Å². The first-order valence-electron chi connectivity index (χ1n) is 7.48. The van der Waals surface area contributed by atoms with Gasteiger partial charge in [-0.05, 0) is 19.0 Å². The number of benzene rings is 1. The average Bonchev–Trinajstić information content (AvgIpc) is 2.46. The Morgan fingerprint density at radius 2 is 2.00 bits per heavy atom. The van der Waals surface area contributed by atoms with Gasteiger partial charge in [-0.25, -0.2) is 0 Å². The Morgan fingerprint density at radius 3 is 2.79 bits per heavy atom. The molecule has 0 fully saturated rings. The predicted octanol–water partition coefficient (Wildman–Crippen LogP) is 3.69. The Bertz CT molecular complexity index is 392. The minimum absolute atomic E-state index is 0.369. The molecule has 0 bridgehead atoms. The molecular weight excluding hydrogens is 238 g/mol. The van der Waals surface area contributed by atoms with Gasteiger partial charge in [0.2, 0.25) is 0 Å². The van der Waals surface area contributed by atoms with Crippen LogP contribution in [0.25, 0.3) is 0 Å². The number of rotatable bonds is 7. The molecule has 1 N–H and O–H groups in total. The summed E-state index contributed by atoms with van der Waals surface area (Å²) in [6.07, 6.45) is 4.94. The maximum Gasteiger partial charge on any atom is 0.166 e. The van der Waals surface area contributed by atoms with Crippen LogP contribution in [0.15, 0.2) is 18.2 Å². The quantitative estimate of drug-likeness (QED) is 0.761. The Morgan fingerprint density at radius 1 is 1.16 bits per heavy atom. The normalized spacial score (nSPS) is 15.3. The monoisotopic (exact) mass is 263 g/mol. The van der Waals surface area contributed by atoms with Gasteiger partial charge in [-0.1, -0.05) is 45.2 Å². The third-order valence-corrected chi connectivity index (χ3v) is 3.52. The molecule has 1 atom stereocenters. The van der Waals surface area contributed by atoms with Crippen molar-refractivity contribution >= 4 is 0 Å². The molecule has 1 aromatic rings. The van der Waals surface area contributed by atoms with E-state index in [9.17, 15) is 0 Å². The van der Waals surface area contributed by atoms with Gasteiger partial charge >= 0.3 is 0 Å². The van der Waals surface area contributed by atoms with E-state index in [2.05, 4.69) is 31.3 Å². The molecule has 2 rings (SSSR count). The van der Waals surface area contributed by atoms with Crippen molar-refractivity contribution in [1.82, 2.24) is 5.32 Å². The van der Waals surface area contributed by atoms with Gasteiger partial charge in [0.1, 0.15) is 13.2 Å². The Hall–Kier alpha value is -1.22. The summed E-state index contributed by atoms with van der Waals surface area (Å²) in [6.45, 7) is 6.67. The molecule has 0 saturated carbocycles. The van der Waals surface area contributed by atoms with E-state index in [1.165, 1.54) is 24.8 Å². The van der Waals surface area contributed by atoms with Gasteiger partial charge in [0.25, 0.3) is 0 Å². The number of fused-ring (bicyclic) bond motifs is 1. The highest BCUT2D eigenvalue weighted by Crippen LogP contribution is 2.38. The highest BCUT2D eigenvalue weighted by Gasteiger charge is 2.21. The second-order valence-electron chi connectivity index (χ2n) is 4.98. The van der Waals surface area contributed by atoms with Crippen LogP contribution in [-0.2, 0) is 0 Å². The SMILES string of the molecule is CCCCCC(NCC)c1cccc2c1OCCO2. The van der Waals surface area contributed by atoms with Crippen LogP contribution < -0.4 is 14.8 Å². The van der Waals surface area contributed by atoms with Crippen LogP contribution in [0, 0.1) is 0 Å². The molecule has 106 valence electrons. The number of ether oxygens (including phenoxy) is 2. The molecule has 1 aliphatic rings. The third kappa shape index (κ3) is 3.63. The van der Waals surface area contributed by atoms with E-state index in [0.717, 1.165) is 24.5 Å². The first kappa shape index (κ1) is 14.2. The molecule has 0 spiro atoms. The molecule has 3 heteroatoms. The van der Waals surface area contributed by atoms with Crippen molar-refractivity contribution in [2.45, 2.75) is 45.6 Å². The zero-order chi connectivity index (χ0) is 13.5. The number of para-hydroxylation sites is 1. The van der Waals surface area contributed by atoms with Crippen LogP contribution in [0.1, 0.15) is 51.1 Å². The van der Waals surface area contributed by atoms with Gasteiger partial charge in [-0.3, -0.25) is 0 Å². The molecule has 1 unspecified atom stereocenters. The number of hydrogen-bond acceptors (Lipinski definition) is 3. The fraction of sp³-hybridized carbons (Fsp3) is 0.625. The molecule has 0 amide bonds. The zero-order valence-electron chi connectivity index (χ0n) is 12.1. The molecule has 1 heterocycles. The van der Waals surface area contributed by atoms with Crippen molar-refractivity contribution in [1.29, 1.82) is 0 Å². The van der Waals surface area contributed by atoms with Crippen molar-refractivity contribution < 1.29 is 9.47 Å². The first-order chi connectivity index (χ1) is 9.36. The van der Waals surface area contributed by atoms with Crippen LogP contribution in [0.5, 0.6) is 11.5 Å². The van der Waals surface area contributed by atoms with Gasteiger partial charge in [0.05, 0.1) is 0 Å². The van der Waals surface area contributed by atoms with E-state index >= 15 is 0 Å². The Labute approximate surface area is 116 Å². The van der Waals surface area contributed by atoms with Crippen molar-refractivity contribution in [3.05, 3.63) is 23.8 Å². The highest BCUT2D eigenvalue weighted by atomic mass is 16.6. The lowest BCUT2D eigenvalue weighted by Gasteiger charge is -2.25. The lowest BCUT2D eigenvalue weighted by atomic mass is 9.99. The lowest BCUT2D eigenvalue weighted by Crippen LogP contribution is -2.24. The van der Waals surface area contributed by atoms with Crippen molar-refractivity contribution in [2.24, 2.45) is 0 Å². The Balaban J connectivity index is 2.15. The van der Waals surface area contributed by atoms with E-state index < -0.39 is 0 Å². The molecule has 3 nitrogen and oxygen atoms in total. The standard InChI is InChI=1S/C16H25NO2/c1-3-5-6-9-14(17-4-2)13-8-7-10-15-16(13)19-12-11-18-15/h7-8,10,14,17H,3-6,9,11-12H2,1-2H3. The minimum atomic E-state index is 0.369. The maximum absolute atomic E-state index is 5.82. The Kier molecular flexibility index (Phi) is 5.52. The smallest absolute Gasteiger partial charge is 0.166 e. The summed E-state index contributed by atoms with van der Waals surface area (Å²) >= 11 is 0. The second kappa shape index (κ2) is 7.39. The van der Waals surface area contributed by atoms with E-state index in [-0.39, 0.29) is 0 Å². The third-order valence-electron chi connectivity index (χ3n) is 3.52. The zero-order valence-corrected chi connectivity index (χ0v) is 12.1. The van der Waals surface area contributed by atoms with E-state index in [1.54, 1.807) is 0 Å². The number of unbranched alkanes of at least 4 members (excludes halogenated alkanes) is 2. The number of hydrogen-bond donors (Lipinski definition) is 1. The van der Waals surface area contributed by atoms with Crippen LogP contribution in [0.3, 0.4) is 0 Å². The van der Waals surface area contributed by atoms with Crippen LogP contribution >= 0.6 is 0 Å². The average molecular weight is 263 g/mol. The molecule has 19 heavy (non-hydrogen) atoms. The molecule has 1 aliphatic heterocycles. The van der Waals surface area contributed by atoms with Gasteiger partial charge in [0.15, 0.2) is 11.5 Å². The summed E-state index contributed by atoms with van der Waals surface area (Å²) in [4.78, 5) is 0. The highest BCUT2D eigenvalue weighted by molar-refractivity contribution is 5.48. The van der Waals surface area contributed by atoms with E-state index in [4.69, 9.17) is 9.47 Å². The molecular formula is C16H25NO2. The molecule has 1 aromatic carbocycles. The van der Waals surface area contributed by atoms with Crippen molar-refractivity contribution in [3.8, 4) is 11.5 Å². The summed E-state index contributed by atoms with van der Waals surface area (Å²) in [5, 5.41) is 3.57. The minimum Gasteiger partial charge on any atom is -0.486 e. The molecule has 0 saturated heterocycles. The summed E-state index contributed by atoms with van der Waals surface area (Å²) < 4.78 is 11.5. The van der Waals surface area contributed by atoms with Crippen LogP contribution in [0.2, 0.25) is 0 Å². The molecule has 0 aliphatic carbocycles. The van der Waals surface area contributed by atoms with Gasteiger partial charge < -0.3 is 14.8 Å². The fourth-order valence-corrected chi connectivity index (χ4v) is 2.58. The predicted molar refractivity (Wildman–Crippen MR) is 78.0 cm³/mol. The summed E-state index contributed by atoms with van der Waals surface area (Å²) in [5.74, 6) is 1.83. The lowest BCUT2D eigenvalue weighted by molar-refractivity contribution is 0.168. The molecule has 0 radical (unpaired) electrons. The first-order valence-corrected chi connectivity index (χ1v) is 7.48. The van der Waals surface area contributed by atoms with Crippen molar-refractivity contribution in [3.63, 3.8) is 0 Å². The maximum atomic E-state index is 5.82. The van der Waals surface area contributed by atoms with Gasteiger partial charge in [0, 0.05) is 11.6 Å². The number of nitrogens with one attached hydrogen (secondary N) is 1. The van der Waals surface area contributed by atoms with Crippen molar-refractivity contribution in [2.75, 3.05) is 19.8 Å². The summed E-state index contributed by atoms with van der Waals surface area (Å²) in [7, 11) is 0. The van der Waals surface area contributed by atoms with Crippen LogP contribution in [-0.4, -0.2) is 19.8 Å². The van der Waals surface area contributed by atoms with E-state index in [0.29, 0.717) is 19.3 Å². The van der Waals surface area contributed by atoms with E-state index in [1.807, 2.05) is 6.07 Å².